The Morgan fingerprint density at radius 3 is 2.95 bits per heavy atom. The van der Waals surface area contributed by atoms with Gasteiger partial charge in [0.2, 0.25) is 0 Å². The fourth-order valence-electron chi connectivity index (χ4n) is 1.54. The third-order valence-corrected chi connectivity index (χ3v) is 2.55. The lowest BCUT2D eigenvalue weighted by atomic mass is 10.3. The van der Waals surface area contributed by atoms with Crippen LogP contribution in [0.3, 0.4) is 0 Å². The van der Waals surface area contributed by atoms with Crippen molar-refractivity contribution >= 4 is 11.7 Å². The molecule has 0 bridgehead atoms. The molecule has 2 N–H and O–H groups in total. The number of hydrogen-bond acceptors (Lipinski definition) is 3. The van der Waals surface area contributed by atoms with Crippen LogP contribution in [0.5, 0.6) is 0 Å². The Hall–Kier alpha value is -2.63. The fourth-order valence-corrected chi connectivity index (χ4v) is 1.54. The van der Waals surface area contributed by atoms with Crippen molar-refractivity contribution in [2.75, 3.05) is 5.32 Å². The molecule has 0 aromatic carbocycles. The number of anilines is 1. The Labute approximate surface area is 110 Å². The quantitative estimate of drug-likeness (QED) is 0.865. The first kappa shape index (κ1) is 12.8. The summed E-state index contributed by atoms with van der Waals surface area (Å²) in [7, 11) is 1.63. The van der Waals surface area contributed by atoms with E-state index < -0.39 is 6.03 Å². The molecule has 0 unspecified atom stereocenters. The summed E-state index contributed by atoms with van der Waals surface area (Å²) in [6, 6.07) is 6.48. The number of aromatic nitrogens is 2. The van der Waals surface area contributed by atoms with E-state index >= 15 is 0 Å². The summed E-state index contributed by atoms with van der Waals surface area (Å²) in [6.45, 7) is 0.354. The van der Waals surface area contributed by atoms with Gasteiger partial charge in [-0.25, -0.2) is 4.79 Å². The van der Waals surface area contributed by atoms with Crippen LogP contribution in [0.25, 0.3) is 0 Å². The van der Waals surface area contributed by atoms with Gasteiger partial charge < -0.3 is 15.2 Å². The molecule has 0 aliphatic rings. The van der Waals surface area contributed by atoms with Crippen LogP contribution in [0.1, 0.15) is 5.56 Å². The molecule has 2 rings (SSSR count). The minimum Gasteiger partial charge on any atom is -0.334 e. The average Bonchev–Trinajstić information content (AvgIpc) is 2.43. The first-order valence-electron chi connectivity index (χ1n) is 5.76. The van der Waals surface area contributed by atoms with Crippen LogP contribution in [-0.2, 0) is 13.6 Å². The molecule has 0 spiro atoms. The monoisotopic (exact) mass is 258 g/mol. The van der Waals surface area contributed by atoms with Crippen molar-refractivity contribution in [3.05, 3.63) is 58.8 Å². The molecule has 98 valence electrons. The second-order valence-corrected chi connectivity index (χ2v) is 4.01. The highest BCUT2D eigenvalue weighted by Gasteiger charge is 2.05. The van der Waals surface area contributed by atoms with E-state index in [1.165, 1.54) is 4.57 Å². The van der Waals surface area contributed by atoms with Crippen molar-refractivity contribution < 1.29 is 4.79 Å². The van der Waals surface area contributed by atoms with Gasteiger partial charge in [0.25, 0.3) is 5.56 Å². The summed E-state index contributed by atoms with van der Waals surface area (Å²) in [5.41, 5.74) is 0.881. The molecule has 2 heterocycles. The van der Waals surface area contributed by atoms with E-state index in [4.69, 9.17) is 0 Å². The normalized spacial score (nSPS) is 9.95. The molecule has 0 saturated carbocycles. The zero-order valence-electron chi connectivity index (χ0n) is 10.5. The van der Waals surface area contributed by atoms with Gasteiger partial charge in [-0.3, -0.25) is 9.78 Å². The molecule has 2 amide bonds. The Bertz CT molecular complexity index is 622. The van der Waals surface area contributed by atoms with Crippen molar-refractivity contribution in [1.82, 2.24) is 14.9 Å². The Morgan fingerprint density at radius 2 is 2.21 bits per heavy atom. The zero-order valence-corrected chi connectivity index (χ0v) is 10.5. The maximum absolute atomic E-state index is 11.7. The number of hydrogen-bond donors (Lipinski definition) is 2. The van der Waals surface area contributed by atoms with Crippen molar-refractivity contribution in [3.63, 3.8) is 0 Å². The first-order chi connectivity index (χ1) is 9.16. The molecule has 6 heteroatoms. The molecule has 0 atom stereocenters. The lowest BCUT2D eigenvalue weighted by molar-refractivity contribution is 0.251. The highest BCUT2D eigenvalue weighted by Crippen LogP contribution is 1.98. The summed E-state index contributed by atoms with van der Waals surface area (Å²) >= 11 is 0. The molecule has 6 nitrogen and oxygen atoms in total. The van der Waals surface area contributed by atoms with Crippen LogP contribution in [0.4, 0.5) is 10.5 Å². The van der Waals surface area contributed by atoms with Crippen LogP contribution in [0.15, 0.2) is 47.7 Å². The molecule has 19 heavy (non-hydrogen) atoms. The van der Waals surface area contributed by atoms with Gasteiger partial charge >= 0.3 is 6.03 Å². The van der Waals surface area contributed by atoms with Crippen LogP contribution < -0.4 is 16.2 Å². The number of carbonyl (C=O) groups excluding carboxylic acids is 1. The standard InChI is InChI=1S/C13H14N4O2/c1-17-7-3-5-11(12(17)18)16-13(19)15-9-10-4-2-6-14-8-10/h2-8H,9H2,1H3,(H2,15,16,19). The summed E-state index contributed by atoms with van der Waals surface area (Å²) in [5.74, 6) is 0. The van der Waals surface area contributed by atoms with Gasteiger partial charge in [0.1, 0.15) is 5.69 Å². The first-order valence-corrected chi connectivity index (χ1v) is 5.76. The summed E-state index contributed by atoms with van der Waals surface area (Å²) in [4.78, 5) is 27.3. The van der Waals surface area contributed by atoms with Gasteiger partial charge in [-0.2, -0.15) is 0 Å². The number of amides is 2. The predicted molar refractivity (Wildman–Crippen MR) is 71.8 cm³/mol. The van der Waals surface area contributed by atoms with E-state index in [1.807, 2.05) is 6.07 Å². The minimum atomic E-state index is -0.424. The van der Waals surface area contributed by atoms with E-state index in [0.717, 1.165) is 5.56 Å². The Morgan fingerprint density at radius 1 is 1.37 bits per heavy atom. The molecule has 0 aliphatic carbocycles. The van der Waals surface area contributed by atoms with Crippen molar-refractivity contribution in [2.24, 2.45) is 7.05 Å². The predicted octanol–water partition coefficient (Wildman–Crippen LogP) is 1.10. The Balaban J connectivity index is 1.95. The van der Waals surface area contributed by atoms with Crippen molar-refractivity contribution in [3.8, 4) is 0 Å². The highest BCUT2D eigenvalue weighted by molar-refractivity contribution is 5.88. The van der Waals surface area contributed by atoms with E-state index in [-0.39, 0.29) is 11.2 Å². The topological polar surface area (TPSA) is 76.0 Å². The maximum Gasteiger partial charge on any atom is 0.319 e. The van der Waals surface area contributed by atoms with E-state index in [0.29, 0.717) is 6.54 Å². The molecule has 2 aromatic rings. The fraction of sp³-hybridized carbons (Fsp3) is 0.154. The molecular formula is C13H14N4O2. The number of pyridine rings is 2. The number of aryl methyl sites for hydroxylation is 1. The van der Waals surface area contributed by atoms with Crippen LogP contribution >= 0.6 is 0 Å². The number of rotatable bonds is 3. The third-order valence-electron chi connectivity index (χ3n) is 2.55. The van der Waals surface area contributed by atoms with Gasteiger partial charge in [-0.05, 0) is 23.8 Å². The number of nitrogens with one attached hydrogen (secondary N) is 2. The second kappa shape index (κ2) is 5.81. The zero-order chi connectivity index (χ0) is 13.7. The van der Waals surface area contributed by atoms with Crippen LogP contribution in [0.2, 0.25) is 0 Å². The minimum absolute atomic E-state index is 0.244. The van der Waals surface area contributed by atoms with Crippen LogP contribution in [0, 0.1) is 0 Å². The van der Waals surface area contributed by atoms with Crippen molar-refractivity contribution in [2.45, 2.75) is 6.54 Å². The average molecular weight is 258 g/mol. The van der Waals surface area contributed by atoms with Crippen LogP contribution in [-0.4, -0.2) is 15.6 Å². The van der Waals surface area contributed by atoms with Gasteiger partial charge in [0.15, 0.2) is 0 Å². The highest BCUT2D eigenvalue weighted by atomic mass is 16.2. The summed E-state index contributed by atoms with van der Waals surface area (Å²) in [6.07, 6.45) is 4.96. The number of urea groups is 1. The molecular weight excluding hydrogens is 244 g/mol. The summed E-state index contributed by atoms with van der Waals surface area (Å²) < 4.78 is 1.40. The SMILES string of the molecule is Cn1cccc(NC(=O)NCc2cccnc2)c1=O. The molecule has 2 aromatic heterocycles. The Kier molecular flexibility index (Phi) is 3.92. The maximum atomic E-state index is 11.7. The summed E-state index contributed by atoms with van der Waals surface area (Å²) in [5, 5.41) is 5.17. The third kappa shape index (κ3) is 3.41. The van der Waals surface area contributed by atoms with Gasteiger partial charge in [-0.15, -0.1) is 0 Å². The number of carbonyl (C=O) groups is 1. The van der Waals surface area contributed by atoms with E-state index in [9.17, 15) is 9.59 Å². The largest absolute Gasteiger partial charge is 0.334 e. The smallest absolute Gasteiger partial charge is 0.319 e. The molecule has 0 fully saturated rings. The lowest BCUT2D eigenvalue weighted by Gasteiger charge is -2.07. The van der Waals surface area contributed by atoms with E-state index in [2.05, 4.69) is 15.6 Å². The van der Waals surface area contributed by atoms with Crippen molar-refractivity contribution in [1.29, 1.82) is 0 Å². The molecule has 0 aliphatic heterocycles. The van der Waals surface area contributed by atoms with Gasteiger partial charge in [0.05, 0.1) is 0 Å². The molecule has 0 saturated heterocycles. The lowest BCUT2D eigenvalue weighted by Crippen LogP contribution is -2.31. The number of nitrogens with zero attached hydrogens (tertiary/aromatic N) is 2. The van der Waals surface area contributed by atoms with E-state index in [1.54, 1.807) is 43.8 Å². The molecule has 0 radical (unpaired) electrons. The van der Waals surface area contributed by atoms with Gasteiger partial charge in [-0.1, -0.05) is 6.07 Å². The van der Waals surface area contributed by atoms with Gasteiger partial charge in [0, 0.05) is 32.2 Å². The second-order valence-electron chi connectivity index (χ2n) is 4.01.